The Kier molecular flexibility index (Phi) is 3.02. The van der Waals surface area contributed by atoms with Crippen LogP contribution in [0, 0.1) is 0 Å². The van der Waals surface area contributed by atoms with Gasteiger partial charge in [0.15, 0.2) is 5.25 Å². The van der Waals surface area contributed by atoms with E-state index in [9.17, 15) is 9.90 Å². The molecular formula is C10H9NO3S2. The molecule has 0 aliphatic heterocycles. The molecule has 1 heterocycles. The zero-order valence-electron chi connectivity index (χ0n) is 8.38. The van der Waals surface area contributed by atoms with Crippen molar-refractivity contribution in [2.45, 2.75) is 5.25 Å². The van der Waals surface area contributed by atoms with Crippen molar-refractivity contribution in [3.63, 3.8) is 0 Å². The molecule has 84 valence electrons. The molecule has 4 nitrogen and oxygen atoms in total. The van der Waals surface area contributed by atoms with Gasteiger partial charge >= 0.3 is 5.97 Å². The number of rotatable bonds is 3. The molecule has 0 fully saturated rings. The van der Waals surface area contributed by atoms with Crippen LogP contribution in [0.4, 0.5) is 0 Å². The monoisotopic (exact) mass is 255 g/mol. The van der Waals surface area contributed by atoms with Crippen LogP contribution in [0.1, 0.15) is 10.3 Å². The molecule has 0 radical (unpaired) electrons. The molecular weight excluding hydrogens is 246 g/mol. The van der Waals surface area contributed by atoms with Gasteiger partial charge in [-0.25, -0.2) is 4.98 Å². The lowest BCUT2D eigenvalue weighted by molar-refractivity contribution is -0.136. The van der Waals surface area contributed by atoms with E-state index in [2.05, 4.69) is 4.98 Å². The van der Waals surface area contributed by atoms with Crippen LogP contribution < -0.4 is 0 Å². The molecule has 1 aromatic heterocycles. The topological polar surface area (TPSA) is 70.4 Å². The van der Waals surface area contributed by atoms with Crippen LogP contribution in [-0.2, 0) is 4.79 Å². The number of aliphatic carboxylic acids is 1. The molecule has 0 saturated carbocycles. The van der Waals surface area contributed by atoms with E-state index in [1.54, 1.807) is 24.5 Å². The van der Waals surface area contributed by atoms with Crippen LogP contribution in [-0.4, -0.2) is 27.4 Å². The molecule has 0 aliphatic carbocycles. The van der Waals surface area contributed by atoms with E-state index < -0.39 is 11.2 Å². The number of benzene rings is 1. The number of hydrogen-bond donors (Lipinski definition) is 2. The van der Waals surface area contributed by atoms with Gasteiger partial charge < -0.3 is 10.2 Å². The molecule has 0 saturated heterocycles. The Hall–Kier alpha value is -1.27. The first-order valence-electron chi connectivity index (χ1n) is 4.47. The van der Waals surface area contributed by atoms with Gasteiger partial charge in [0.05, 0.1) is 10.2 Å². The van der Waals surface area contributed by atoms with E-state index in [0.29, 0.717) is 5.01 Å². The highest BCUT2D eigenvalue weighted by atomic mass is 32.2. The van der Waals surface area contributed by atoms with E-state index in [-0.39, 0.29) is 5.75 Å². The van der Waals surface area contributed by atoms with Crippen LogP contribution >= 0.6 is 23.1 Å². The second-order valence-electron chi connectivity index (χ2n) is 3.16. The predicted octanol–water partition coefficient (Wildman–Crippen LogP) is 2.49. The third kappa shape index (κ3) is 1.98. The number of aromatic nitrogens is 1. The second-order valence-corrected chi connectivity index (χ2v) is 5.16. The molecule has 1 unspecified atom stereocenters. The van der Waals surface area contributed by atoms with Crippen molar-refractivity contribution in [3.05, 3.63) is 23.2 Å². The summed E-state index contributed by atoms with van der Waals surface area (Å²) < 4.78 is 0.801. The third-order valence-electron chi connectivity index (χ3n) is 2.07. The number of carbonyl (C=O) groups is 1. The summed E-state index contributed by atoms with van der Waals surface area (Å²) >= 11 is 2.54. The molecule has 1 aromatic carbocycles. The summed E-state index contributed by atoms with van der Waals surface area (Å²) in [4.78, 5) is 15.2. The molecule has 16 heavy (non-hydrogen) atoms. The van der Waals surface area contributed by atoms with E-state index in [1.165, 1.54) is 23.1 Å². The van der Waals surface area contributed by atoms with Crippen molar-refractivity contribution in [1.82, 2.24) is 4.98 Å². The number of phenols is 1. The number of aromatic hydroxyl groups is 1. The Morgan fingerprint density at radius 3 is 2.94 bits per heavy atom. The SMILES string of the molecule is CSC(C(=O)O)c1nc2ccc(O)cc2s1. The highest BCUT2D eigenvalue weighted by Crippen LogP contribution is 2.34. The Balaban J connectivity index is 2.49. The predicted molar refractivity (Wildman–Crippen MR) is 65.2 cm³/mol. The largest absolute Gasteiger partial charge is 0.508 e. The van der Waals surface area contributed by atoms with Crippen molar-refractivity contribution in [3.8, 4) is 5.75 Å². The summed E-state index contributed by atoms with van der Waals surface area (Å²) in [6, 6.07) is 4.82. The zero-order chi connectivity index (χ0) is 11.7. The highest BCUT2D eigenvalue weighted by molar-refractivity contribution is 7.99. The fraction of sp³-hybridized carbons (Fsp3) is 0.200. The van der Waals surface area contributed by atoms with Gasteiger partial charge in [-0.3, -0.25) is 4.79 Å². The van der Waals surface area contributed by atoms with Gasteiger partial charge in [-0.1, -0.05) is 0 Å². The van der Waals surface area contributed by atoms with Gasteiger partial charge in [0.25, 0.3) is 0 Å². The maximum absolute atomic E-state index is 11.0. The van der Waals surface area contributed by atoms with Crippen LogP contribution in [0.2, 0.25) is 0 Å². The molecule has 0 spiro atoms. The van der Waals surface area contributed by atoms with E-state index in [1.807, 2.05) is 0 Å². The molecule has 2 N–H and O–H groups in total. The highest BCUT2D eigenvalue weighted by Gasteiger charge is 2.22. The number of hydrogen-bond acceptors (Lipinski definition) is 5. The van der Waals surface area contributed by atoms with E-state index >= 15 is 0 Å². The van der Waals surface area contributed by atoms with Gasteiger partial charge in [0.1, 0.15) is 10.8 Å². The molecule has 0 aliphatic rings. The number of carboxylic acid groups (broad SMARTS) is 1. The molecule has 1 atom stereocenters. The molecule has 0 bridgehead atoms. The average Bonchev–Trinajstić information content (AvgIpc) is 2.60. The number of fused-ring (bicyclic) bond motifs is 1. The van der Waals surface area contributed by atoms with Crippen molar-refractivity contribution in [2.75, 3.05) is 6.26 Å². The minimum Gasteiger partial charge on any atom is -0.508 e. The Labute approximate surface area is 99.9 Å². The normalized spacial score (nSPS) is 12.8. The first kappa shape index (κ1) is 11.2. The number of phenolic OH excluding ortho intramolecular Hbond substituents is 1. The minimum absolute atomic E-state index is 0.165. The lowest BCUT2D eigenvalue weighted by Gasteiger charge is -2.03. The van der Waals surface area contributed by atoms with Gasteiger partial charge in [0.2, 0.25) is 0 Å². The molecule has 0 amide bonds. The molecule has 2 aromatic rings. The summed E-state index contributed by atoms with van der Waals surface area (Å²) in [6.45, 7) is 0. The third-order valence-corrected chi connectivity index (χ3v) is 4.20. The number of thiazole rings is 1. The quantitative estimate of drug-likeness (QED) is 0.881. The lowest BCUT2D eigenvalue weighted by atomic mass is 10.3. The first-order chi connectivity index (χ1) is 7.61. The Bertz CT molecular complexity index is 538. The van der Waals surface area contributed by atoms with Crippen molar-refractivity contribution in [2.24, 2.45) is 0 Å². The summed E-state index contributed by atoms with van der Waals surface area (Å²) in [7, 11) is 0. The van der Waals surface area contributed by atoms with Gasteiger partial charge in [0, 0.05) is 0 Å². The van der Waals surface area contributed by atoms with Crippen molar-refractivity contribution in [1.29, 1.82) is 0 Å². The van der Waals surface area contributed by atoms with Crippen LogP contribution in [0.5, 0.6) is 5.75 Å². The van der Waals surface area contributed by atoms with Crippen molar-refractivity contribution < 1.29 is 15.0 Å². The van der Waals surface area contributed by atoms with E-state index in [4.69, 9.17) is 5.11 Å². The lowest BCUT2D eigenvalue weighted by Crippen LogP contribution is -2.06. The van der Waals surface area contributed by atoms with Crippen molar-refractivity contribution >= 4 is 39.3 Å². The standard InChI is InChI=1S/C10H9NO3S2/c1-15-8(10(13)14)9-11-6-3-2-5(12)4-7(6)16-9/h2-4,8,12H,1H3,(H,13,14). The van der Waals surface area contributed by atoms with E-state index in [0.717, 1.165) is 10.2 Å². The molecule has 2 rings (SSSR count). The summed E-state index contributed by atoms with van der Waals surface area (Å²) in [5.41, 5.74) is 0.720. The smallest absolute Gasteiger partial charge is 0.323 e. The van der Waals surface area contributed by atoms with Crippen LogP contribution in [0.3, 0.4) is 0 Å². The first-order valence-corrected chi connectivity index (χ1v) is 6.57. The van der Waals surface area contributed by atoms with Crippen LogP contribution in [0.25, 0.3) is 10.2 Å². The van der Waals surface area contributed by atoms with Gasteiger partial charge in [-0.15, -0.1) is 23.1 Å². The maximum atomic E-state index is 11.0. The Morgan fingerprint density at radius 1 is 1.56 bits per heavy atom. The zero-order valence-corrected chi connectivity index (χ0v) is 10.0. The fourth-order valence-corrected chi connectivity index (χ4v) is 3.21. The Morgan fingerprint density at radius 2 is 2.31 bits per heavy atom. The number of thioether (sulfide) groups is 1. The maximum Gasteiger partial charge on any atom is 0.323 e. The van der Waals surface area contributed by atoms with Gasteiger partial charge in [-0.05, 0) is 24.5 Å². The second kappa shape index (κ2) is 4.31. The minimum atomic E-state index is -0.893. The number of carboxylic acids is 1. The summed E-state index contributed by atoms with van der Waals surface area (Å²) in [6.07, 6.45) is 1.74. The average molecular weight is 255 g/mol. The van der Waals surface area contributed by atoms with Crippen LogP contribution in [0.15, 0.2) is 18.2 Å². The number of nitrogens with zero attached hydrogens (tertiary/aromatic N) is 1. The summed E-state index contributed by atoms with van der Waals surface area (Å²) in [5.74, 6) is -0.727. The fourth-order valence-electron chi connectivity index (χ4n) is 1.35. The van der Waals surface area contributed by atoms with Gasteiger partial charge in [-0.2, -0.15) is 0 Å². The molecule has 6 heteroatoms. The summed E-state index contributed by atoms with van der Waals surface area (Å²) in [5, 5.41) is 18.2.